The Hall–Kier alpha value is -2.97. The van der Waals surface area contributed by atoms with Crippen molar-refractivity contribution < 1.29 is 19.5 Å². The first-order chi connectivity index (χ1) is 14.5. The first kappa shape index (κ1) is 21.7. The lowest BCUT2D eigenvalue weighted by atomic mass is 9.99. The van der Waals surface area contributed by atoms with E-state index in [0.717, 1.165) is 15.3 Å². The zero-order valence-electron chi connectivity index (χ0n) is 16.2. The monoisotopic (exact) mass is 442 g/mol. The van der Waals surface area contributed by atoms with Crippen molar-refractivity contribution >= 4 is 46.1 Å². The third-order valence-corrected chi connectivity index (χ3v) is 6.35. The quantitative estimate of drug-likeness (QED) is 0.437. The maximum absolute atomic E-state index is 12.4. The minimum absolute atomic E-state index is 0.0624. The molecule has 8 heteroatoms. The van der Waals surface area contributed by atoms with Crippen LogP contribution in [0.2, 0.25) is 0 Å². The summed E-state index contributed by atoms with van der Waals surface area (Å²) >= 11 is 3.05. The summed E-state index contributed by atoms with van der Waals surface area (Å²) in [6, 6.07) is 14.7. The van der Waals surface area contributed by atoms with Crippen molar-refractivity contribution in [2.75, 3.05) is 5.32 Å². The molecule has 2 aromatic heterocycles. The maximum atomic E-state index is 12.4. The summed E-state index contributed by atoms with van der Waals surface area (Å²) in [6.45, 7) is 0.520. The van der Waals surface area contributed by atoms with E-state index in [0.29, 0.717) is 12.2 Å². The first-order valence-electron chi connectivity index (χ1n) is 9.42. The predicted molar refractivity (Wildman–Crippen MR) is 119 cm³/mol. The fourth-order valence-corrected chi connectivity index (χ4v) is 4.47. The van der Waals surface area contributed by atoms with Crippen LogP contribution >= 0.6 is 22.7 Å². The molecule has 0 unspecified atom stereocenters. The van der Waals surface area contributed by atoms with E-state index in [1.807, 2.05) is 35.0 Å². The number of anilines is 1. The van der Waals surface area contributed by atoms with Gasteiger partial charge in [0.25, 0.3) is 0 Å². The standard InChI is InChI=1S/C22H22N2O4S2/c25-20(23-14-18-3-1-9-29-18)11-15-5-7-17(8-6-15)24-21(26)12-16(13-22(27)28)19-4-2-10-30-19/h1-10,16H,11-14H2,(H,23,25)(H,24,26)(H,27,28)/t16-/m0/s1. The first-order valence-corrected chi connectivity index (χ1v) is 11.2. The lowest BCUT2D eigenvalue weighted by molar-refractivity contribution is -0.137. The number of hydrogen-bond acceptors (Lipinski definition) is 5. The smallest absolute Gasteiger partial charge is 0.304 e. The molecule has 0 saturated heterocycles. The molecule has 156 valence electrons. The van der Waals surface area contributed by atoms with E-state index >= 15 is 0 Å². The van der Waals surface area contributed by atoms with E-state index in [4.69, 9.17) is 5.11 Å². The second-order valence-corrected chi connectivity index (χ2v) is 8.80. The van der Waals surface area contributed by atoms with Gasteiger partial charge in [-0.25, -0.2) is 0 Å². The van der Waals surface area contributed by atoms with Gasteiger partial charge in [0.2, 0.25) is 11.8 Å². The molecule has 0 aliphatic heterocycles. The second-order valence-electron chi connectivity index (χ2n) is 6.79. The Bertz CT molecular complexity index is 967. The Kier molecular flexibility index (Phi) is 7.75. The molecule has 0 radical (unpaired) electrons. The fraction of sp³-hybridized carbons (Fsp3) is 0.227. The van der Waals surface area contributed by atoms with Gasteiger partial charge in [-0.2, -0.15) is 0 Å². The SMILES string of the molecule is O=C(O)C[C@H](CC(=O)Nc1ccc(CC(=O)NCc2cccs2)cc1)c1cccs1. The summed E-state index contributed by atoms with van der Waals surface area (Å²) in [5.41, 5.74) is 1.46. The minimum Gasteiger partial charge on any atom is -0.481 e. The Morgan fingerprint density at radius 3 is 2.27 bits per heavy atom. The predicted octanol–water partition coefficient (Wildman–Crippen LogP) is 4.26. The molecular formula is C22H22N2O4S2. The highest BCUT2D eigenvalue weighted by Crippen LogP contribution is 2.28. The highest BCUT2D eigenvalue weighted by molar-refractivity contribution is 7.10. The summed E-state index contributed by atoms with van der Waals surface area (Å²) < 4.78 is 0. The molecule has 0 spiro atoms. The third kappa shape index (κ3) is 6.82. The van der Waals surface area contributed by atoms with Gasteiger partial charge in [-0.05, 0) is 40.6 Å². The van der Waals surface area contributed by atoms with Gasteiger partial charge in [-0.3, -0.25) is 14.4 Å². The average Bonchev–Trinajstić information content (AvgIpc) is 3.41. The molecule has 30 heavy (non-hydrogen) atoms. The summed E-state index contributed by atoms with van der Waals surface area (Å²) in [5, 5.41) is 18.7. The van der Waals surface area contributed by atoms with Crippen LogP contribution in [-0.4, -0.2) is 22.9 Å². The molecule has 6 nitrogen and oxygen atoms in total. The van der Waals surface area contributed by atoms with Crippen molar-refractivity contribution in [2.24, 2.45) is 0 Å². The van der Waals surface area contributed by atoms with E-state index in [2.05, 4.69) is 10.6 Å². The molecule has 0 aliphatic rings. The fourth-order valence-electron chi connectivity index (χ4n) is 3.00. The van der Waals surface area contributed by atoms with Crippen molar-refractivity contribution in [1.29, 1.82) is 0 Å². The van der Waals surface area contributed by atoms with Crippen LogP contribution in [0.3, 0.4) is 0 Å². The molecule has 2 amide bonds. The van der Waals surface area contributed by atoms with Crippen LogP contribution in [0.1, 0.15) is 34.1 Å². The van der Waals surface area contributed by atoms with Crippen LogP contribution in [0.25, 0.3) is 0 Å². The molecule has 1 aromatic carbocycles. The van der Waals surface area contributed by atoms with Gasteiger partial charge in [-0.15, -0.1) is 22.7 Å². The Morgan fingerprint density at radius 2 is 1.63 bits per heavy atom. The van der Waals surface area contributed by atoms with Crippen molar-refractivity contribution in [2.45, 2.75) is 31.7 Å². The number of nitrogens with one attached hydrogen (secondary N) is 2. The van der Waals surface area contributed by atoms with Crippen molar-refractivity contribution in [3.63, 3.8) is 0 Å². The van der Waals surface area contributed by atoms with E-state index in [1.165, 1.54) is 11.3 Å². The highest BCUT2D eigenvalue weighted by Gasteiger charge is 2.20. The number of carboxylic acid groups (broad SMARTS) is 1. The van der Waals surface area contributed by atoms with Crippen LogP contribution in [-0.2, 0) is 27.3 Å². The van der Waals surface area contributed by atoms with Gasteiger partial charge in [-0.1, -0.05) is 24.3 Å². The normalized spacial score (nSPS) is 11.6. The zero-order chi connectivity index (χ0) is 21.3. The van der Waals surface area contributed by atoms with Crippen LogP contribution in [0.4, 0.5) is 5.69 Å². The van der Waals surface area contributed by atoms with E-state index in [1.54, 1.807) is 35.6 Å². The lowest BCUT2D eigenvalue weighted by Crippen LogP contribution is -2.24. The second kappa shape index (κ2) is 10.7. The summed E-state index contributed by atoms with van der Waals surface area (Å²) in [7, 11) is 0. The highest BCUT2D eigenvalue weighted by atomic mass is 32.1. The molecule has 0 fully saturated rings. The summed E-state index contributed by atoms with van der Waals surface area (Å²) in [4.78, 5) is 37.6. The average molecular weight is 443 g/mol. The number of hydrogen-bond donors (Lipinski definition) is 3. The van der Waals surface area contributed by atoms with Crippen LogP contribution in [0.5, 0.6) is 0 Å². The zero-order valence-corrected chi connectivity index (χ0v) is 17.8. The van der Waals surface area contributed by atoms with Gasteiger partial charge in [0.15, 0.2) is 0 Å². The van der Waals surface area contributed by atoms with Crippen LogP contribution < -0.4 is 10.6 Å². The van der Waals surface area contributed by atoms with Gasteiger partial charge >= 0.3 is 5.97 Å². The summed E-state index contributed by atoms with van der Waals surface area (Å²) in [6.07, 6.45) is 0.270. The number of carbonyl (C=O) groups is 3. The topological polar surface area (TPSA) is 95.5 Å². The molecule has 2 heterocycles. The molecule has 3 rings (SSSR count). The molecule has 3 aromatic rings. The Balaban J connectivity index is 1.49. The minimum atomic E-state index is -0.928. The molecule has 0 bridgehead atoms. The van der Waals surface area contributed by atoms with Crippen LogP contribution in [0.15, 0.2) is 59.3 Å². The molecule has 3 N–H and O–H groups in total. The van der Waals surface area contributed by atoms with Gasteiger partial charge in [0.05, 0.1) is 19.4 Å². The maximum Gasteiger partial charge on any atom is 0.304 e. The number of rotatable bonds is 10. The number of carboxylic acids is 1. The number of thiophene rings is 2. The van der Waals surface area contributed by atoms with Crippen molar-refractivity contribution in [3.05, 3.63) is 74.6 Å². The number of aliphatic carboxylic acids is 1. The third-order valence-electron chi connectivity index (χ3n) is 4.44. The molecule has 0 saturated carbocycles. The largest absolute Gasteiger partial charge is 0.481 e. The Morgan fingerprint density at radius 1 is 0.900 bits per heavy atom. The molecular weight excluding hydrogens is 420 g/mol. The van der Waals surface area contributed by atoms with Crippen molar-refractivity contribution in [1.82, 2.24) is 5.32 Å². The van der Waals surface area contributed by atoms with Crippen molar-refractivity contribution in [3.8, 4) is 0 Å². The van der Waals surface area contributed by atoms with Gasteiger partial charge in [0, 0.05) is 27.8 Å². The van der Waals surface area contributed by atoms with E-state index < -0.39 is 5.97 Å². The summed E-state index contributed by atoms with van der Waals surface area (Å²) in [5.74, 6) is -1.58. The van der Waals surface area contributed by atoms with Gasteiger partial charge in [0.1, 0.15) is 0 Å². The molecule has 0 aliphatic carbocycles. The Labute approximate surface area is 182 Å². The van der Waals surface area contributed by atoms with Gasteiger partial charge < -0.3 is 15.7 Å². The number of amides is 2. The molecule has 1 atom stereocenters. The lowest BCUT2D eigenvalue weighted by Gasteiger charge is -2.13. The van der Waals surface area contributed by atoms with E-state index in [-0.39, 0.29) is 37.0 Å². The number of carbonyl (C=O) groups excluding carboxylic acids is 2. The van der Waals surface area contributed by atoms with Crippen LogP contribution in [0, 0.1) is 0 Å². The van der Waals surface area contributed by atoms with E-state index in [9.17, 15) is 14.4 Å². The number of benzene rings is 1.